The first-order valence-electron chi connectivity index (χ1n) is 35.2. The molecule has 0 amide bonds. The second kappa shape index (κ2) is 35.0. The Morgan fingerprint density at radius 3 is 1.46 bits per heavy atom. The van der Waals surface area contributed by atoms with Crippen LogP contribution in [0.2, 0.25) is 0 Å². The van der Waals surface area contributed by atoms with E-state index in [1.807, 2.05) is 53.2 Å². The number of methoxy groups -OCH3 is 2. The normalized spacial score (nSPS) is 17.8. The lowest BCUT2D eigenvalue weighted by atomic mass is 9.99. The first-order chi connectivity index (χ1) is 48.2. The van der Waals surface area contributed by atoms with Gasteiger partial charge in [0.2, 0.25) is 11.9 Å². The van der Waals surface area contributed by atoms with Gasteiger partial charge >= 0.3 is 0 Å². The van der Waals surface area contributed by atoms with E-state index in [1.54, 1.807) is 65.7 Å². The Morgan fingerprint density at radius 1 is 0.569 bits per heavy atom. The van der Waals surface area contributed by atoms with Gasteiger partial charge in [-0.15, -0.1) is 12.4 Å². The van der Waals surface area contributed by atoms with Crippen LogP contribution in [0.4, 0.5) is 57.7 Å². The largest absolute Gasteiger partial charge is 0.494 e. The van der Waals surface area contributed by atoms with Gasteiger partial charge in [0.1, 0.15) is 37.4 Å². The van der Waals surface area contributed by atoms with Crippen LogP contribution < -0.4 is 51.1 Å². The molecule has 0 spiro atoms. The predicted octanol–water partition coefficient (Wildman–Crippen LogP) is 14.5. The van der Waals surface area contributed by atoms with Crippen LogP contribution in [-0.2, 0) is 26.7 Å². The molecule has 0 bridgehead atoms. The van der Waals surface area contributed by atoms with Gasteiger partial charge in [0.25, 0.3) is 0 Å². The number of aromatic amines is 1. The number of aryl methyl sites for hydroxylation is 2. The molecule has 28 heteroatoms. The summed E-state index contributed by atoms with van der Waals surface area (Å²) in [6.45, 7) is 25.7. The maximum absolute atomic E-state index is 13.7. The molecule has 1 unspecified atom stereocenters. The molecule has 5 fully saturated rings. The van der Waals surface area contributed by atoms with Crippen LogP contribution in [0.3, 0.4) is 0 Å². The lowest BCUT2D eigenvalue weighted by Gasteiger charge is -2.43. The first-order valence-corrected chi connectivity index (χ1v) is 42.0. The molecular weight excluding hydrogens is 1480 g/mol. The van der Waals surface area contributed by atoms with Crippen molar-refractivity contribution in [1.29, 1.82) is 0 Å². The fourth-order valence-corrected chi connectivity index (χ4v) is 17.3. The summed E-state index contributed by atoms with van der Waals surface area (Å²) in [6.07, 6.45) is 16.4. The molecule has 5 saturated heterocycles. The number of halogens is 3. The zero-order valence-electron chi connectivity index (χ0n) is 59.9. The Hall–Kier alpha value is -6.63. The summed E-state index contributed by atoms with van der Waals surface area (Å²) in [6, 6.07) is 25.7. The summed E-state index contributed by atoms with van der Waals surface area (Å²) in [4.78, 5) is 34.1. The van der Waals surface area contributed by atoms with E-state index in [9.17, 15) is 9.13 Å². The maximum Gasteiger partial charge on any atom is 0.229 e. The van der Waals surface area contributed by atoms with Gasteiger partial charge in [-0.1, -0.05) is 33.4 Å². The van der Waals surface area contributed by atoms with Crippen molar-refractivity contribution in [2.24, 2.45) is 0 Å². The number of anilines is 10. The second-order valence-electron chi connectivity index (χ2n) is 27.6. The standard InChI is InChI=1S/C39H53BrN9O3P.C34H45BrN9O2P.CH4.ClH/c1-6-27-23-32(35(51-3)25-34(27)48-16-13-29(14-17-48)47-20-18-46(2)19-21-47)44-39-41-26-30(40)38(45-39)43-31-11-10-28(24-36(31)53(4,5)50)33-12-15-42-49(33)37-9-7-8-22-52-37;1-6-23-19-29(31(46-3)21-30(23)44-13-10-25(11-14-44)43-17-15-42(2)16-18-43)39-34-36-22-26(35)33(40-34)38-28-8-7-24(27-9-12-37-41-27)20-32(28)47(4,5)45;;/h10-12,15,23-26,29,37H,6-9,13-14,16-22H2,1-5H3,(H2,41,43,44,45);7-9,12,19-22,25H,6,10-11,13-18H2,1-5H3,(H,37,41)(H2,36,38,39,40);1H4;1H. The van der Waals surface area contributed by atoms with Crippen molar-refractivity contribution >= 4 is 127 Å². The number of benzene rings is 4. The minimum atomic E-state index is -2.72. The SMILES string of the molecule is C.CCc1cc(Nc2ncc(Br)c(Nc3ccc(-c4ccn[nH]4)cc3P(C)(C)=O)n2)c(OC)cc1N1CCC(N2CCN(C)CC2)CC1.CCc1cc(Nc2ncc(Br)c(Nc3ccc(-c4ccnn4C4CCCCO4)cc3P(C)(C)=O)n2)c(OC)cc1N1CCC(N2CCN(C)CC2)CC1.Cl. The Kier molecular flexibility index (Phi) is 26.7. The van der Waals surface area contributed by atoms with E-state index in [0.29, 0.717) is 44.6 Å². The van der Waals surface area contributed by atoms with Crippen molar-refractivity contribution in [3.63, 3.8) is 0 Å². The third-order valence-corrected chi connectivity index (χ3v) is 24.4. The molecule has 0 aliphatic carbocycles. The quantitative estimate of drug-likeness (QED) is 0.0421. The lowest BCUT2D eigenvalue weighted by molar-refractivity contribution is -0.0383. The number of rotatable bonds is 21. The molecule has 23 nitrogen and oxygen atoms in total. The average Bonchev–Trinajstić information content (AvgIpc) is 1.45. The molecule has 9 heterocycles. The summed E-state index contributed by atoms with van der Waals surface area (Å²) >= 11 is 7.24. The van der Waals surface area contributed by atoms with Gasteiger partial charge in [0, 0.05) is 167 Å². The number of piperazine rings is 2. The van der Waals surface area contributed by atoms with Gasteiger partial charge < -0.3 is 64.2 Å². The van der Waals surface area contributed by atoms with Crippen molar-refractivity contribution in [3.8, 4) is 34.0 Å². The molecule has 8 aromatic rings. The average molecular weight is 1580 g/mol. The maximum atomic E-state index is 13.7. The molecule has 5 N–H and O–H groups in total. The van der Waals surface area contributed by atoms with Gasteiger partial charge in [0.05, 0.1) is 57.3 Å². The number of ether oxygens (including phenoxy) is 3. The smallest absolute Gasteiger partial charge is 0.229 e. The van der Waals surface area contributed by atoms with Crippen LogP contribution in [0.15, 0.2) is 107 Å². The van der Waals surface area contributed by atoms with Crippen LogP contribution in [0.25, 0.3) is 22.5 Å². The number of hydrogen-bond acceptors (Lipinski definition) is 21. The number of H-pyrrole nitrogens is 1. The van der Waals surface area contributed by atoms with Crippen LogP contribution in [0, 0.1) is 0 Å². The molecule has 1 atom stereocenters. The van der Waals surface area contributed by atoms with E-state index in [2.05, 4.69) is 160 Å². The summed E-state index contributed by atoms with van der Waals surface area (Å²) in [7, 11) is 2.47. The fourth-order valence-electron chi connectivity index (χ4n) is 14.4. The van der Waals surface area contributed by atoms with E-state index in [0.717, 1.165) is 158 Å². The van der Waals surface area contributed by atoms with Crippen molar-refractivity contribution in [2.45, 2.75) is 97.4 Å². The number of nitrogens with zero attached hydrogens (tertiary/aromatic N) is 13. The molecule has 5 aliphatic heterocycles. The number of aromatic nitrogens is 8. The van der Waals surface area contributed by atoms with Crippen LogP contribution >= 0.6 is 58.6 Å². The minimum absolute atomic E-state index is 0. The molecule has 102 heavy (non-hydrogen) atoms. The van der Waals surface area contributed by atoms with Crippen LogP contribution in [-0.4, -0.2) is 212 Å². The van der Waals surface area contributed by atoms with Gasteiger partial charge in [-0.05, 0) is 190 Å². The van der Waals surface area contributed by atoms with Crippen molar-refractivity contribution in [2.75, 3.05) is 171 Å². The third kappa shape index (κ3) is 18.7. The summed E-state index contributed by atoms with van der Waals surface area (Å²) in [5, 5.41) is 26.8. The zero-order valence-corrected chi connectivity index (χ0v) is 65.7. The summed E-state index contributed by atoms with van der Waals surface area (Å²) in [5.74, 6) is 3.44. The third-order valence-electron chi connectivity index (χ3n) is 20.1. The highest BCUT2D eigenvalue weighted by molar-refractivity contribution is 9.11. The highest BCUT2D eigenvalue weighted by atomic mass is 79.9. The van der Waals surface area contributed by atoms with E-state index in [-0.39, 0.29) is 26.1 Å². The Labute approximate surface area is 625 Å². The molecule has 0 saturated carbocycles. The molecule has 550 valence electrons. The van der Waals surface area contributed by atoms with Crippen molar-refractivity contribution < 1.29 is 23.3 Å². The predicted molar refractivity (Wildman–Crippen MR) is 429 cm³/mol. The topological polar surface area (TPSA) is 227 Å². The van der Waals surface area contributed by atoms with Crippen molar-refractivity contribution in [1.82, 2.24) is 59.5 Å². The molecular formula is C74H103Br2ClN18O5P2. The Balaban J connectivity index is 0.000000217. The second-order valence-corrected chi connectivity index (χ2v) is 35.7. The van der Waals surface area contributed by atoms with Gasteiger partial charge in [-0.25, -0.2) is 14.6 Å². The Bertz CT molecular complexity index is 4200. The van der Waals surface area contributed by atoms with Crippen molar-refractivity contribution in [3.05, 3.63) is 118 Å². The fraction of sp³-hybridized carbons (Fsp3) is 0.486. The van der Waals surface area contributed by atoms with Gasteiger partial charge in [0.15, 0.2) is 6.23 Å². The van der Waals surface area contributed by atoms with Crippen LogP contribution in [0.1, 0.15) is 83.6 Å². The Morgan fingerprint density at radius 2 is 1.04 bits per heavy atom. The van der Waals surface area contributed by atoms with E-state index in [1.165, 1.54) is 74.4 Å². The summed E-state index contributed by atoms with van der Waals surface area (Å²) in [5.41, 5.74) is 11.7. The molecule has 4 aromatic heterocycles. The molecule has 0 radical (unpaired) electrons. The zero-order chi connectivity index (χ0) is 70.2. The first kappa shape index (κ1) is 78.0. The molecule has 5 aliphatic rings. The van der Waals surface area contributed by atoms with Gasteiger partial charge in [-0.2, -0.15) is 20.2 Å². The number of nitrogens with one attached hydrogen (secondary N) is 5. The number of hydrogen-bond donors (Lipinski definition) is 5. The molecule has 13 rings (SSSR count). The van der Waals surface area contributed by atoms with Gasteiger partial charge in [-0.3, -0.25) is 14.9 Å². The van der Waals surface area contributed by atoms with E-state index in [4.69, 9.17) is 24.2 Å². The lowest BCUT2D eigenvalue weighted by Crippen LogP contribution is -2.52. The summed E-state index contributed by atoms with van der Waals surface area (Å²) < 4.78 is 48.3. The van der Waals surface area contributed by atoms with E-state index < -0.39 is 14.3 Å². The molecule has 4 aromatic carbocycles. The monoisotopic (exact) mass is 1580 g/mol. The number of likely N-dealkylation sites (N-methyl/N-ethyl adjacent to an activating group) is 2. The highest BCUT2D eigenvalue weighted by Crippen LogP contribution is 2.44. The minimum Gasteiger partial charge on any atom is -0.494 e. The van der Waals surface area contributed by atoms with Crippen LogP contribution in [0.5, 0.6) is 11.5 Å². The van der Waals surface area contributed by atoms with E-state index >= 15 is 0 Å². The number of piperidine rings is 2. The highest BCUT2D eigenvalue weighted by Gasteiger charge is 2.32.